The fraction of sp³-hybridized carbons (Fsp3) is 0.619. The van der Waals surface area contributed by atoms with Crippen LogP contribution in [0.3, 0.4) is 0 Å². The predicted molar refractivity (Wildman–Crippen MR) is 103 cm³/mol. The van der Waals surface area contributed by atoms with Crippen molar-refractivity contribution in [2.75, 3.05) is 6.54 Å². The molecular weight excluding hydrogens is 328 g/mol. The second kappa shape index (κ2) is 9.06. The van der Waals surface area contributed by atoms with Gasteiger partial charge in [0.2, 0.25) is 11.8 Å². The van der Waals surface area contributed by atoms with Crippen molar-refractivity contribution in [1.29, 1.82) is 0 Å². The van der Waals surface area contributed by atoms with Crippen LogP contribution in [0.2, 0.25) is 0 Å². The molecule has 2 rings (SSSR count). The lowest BCUT2D eigenvalue weighted by molar-refractivity contribution is -0.130. The van der Waals surface area contributed by atoms with Crippen molar-refractivity contribution in [1.82, 2.24) is 10.2 Å². The first-order valence-electron chi connectivity index (χ1n) is 9.72. The molecule has 5 heteroatoms. The number of likely N-dealkylation sites (tertiary alicyclic amines) is 1. The van der Waals surface area contributed by atoms with Crippen LogP contribution in [0.4, 0.5) is 0 Å². The zero-order valence-corrected chi connectivity index (χ0v) is 16.6. The van der Waals surface area contributed by atoms with Crippen LogP contribution >= 0.6 is 0 Å². The van der Waals surface area contributed by atoms with Gasteiger partial charge in [-0.2, -0.15) is 0 Å². The molecule has 0 saturated carbocycles. The highest BCUT2D eigenvalue weighted by molar-refractivity contribution is 5.89. The second-order valence-corrected chi connectivity index (χ2v) is 7.38. The highest BCUT2D eigenvalue weighted by atomic mass is 16.5. The Balaban J connectivity index is 1.94. The number of carbonyl (C=O) groups is 2. The summed E-state index contributed by atoms with van der Waals surface area (Å²) in [6, 6.07) is 7.93. The summed E-state index contributed by atoms with van der Waals surface area (Å²) in [6.45, 7) is 10.7. The zero-order valence-electron chi connectivity index (χ0n) is 16.6. The van der Waals surface area contributed by atoms with E-state index in [2.05, 4.69) is 19.2 Å². The molecule has 1 aromatic carbocycles. The highest BCUT2D eigenvalue weighted by Gasteiger charge is 2.37. The van der Waals surface area contributed by atoms with Gasteiger partial charge in [0.1, 0.15) is 5.75 Å². The molecule has 1 saturated heterocycles. The number of carbonyl (C=O) groups excluding carboxylic acids is 2. The molecule has 2 unspecified atom stereocenters. The van der Waals surface area contributed by atoms with Crippen LogP contribution in [0.15, 0.2) is 24.3 Å². The van der Waals surface area contributed by atoms with Crippen LogP contribution in [0.25, 0.3) is 0 Å². The molecule has 1 aliphatic rings. The van der Waals surface area contributed by atoms with Gasteiger partial charge in [0, 0.05) is 19.0 Å². The molecule has 2 amide bonds. The molecule has 1 fully saturated rings. The predicted octanol–water partition coefficient (Wildman–Crippen LogP) is 3.69. The standard InChI is InChI=1S/C21H32N2O3/c1-6-18(7-2)23-13-17(12-20(23)24)21(25)22-15(5)16-8-10-19(11-9-16)26-14(3)4/h8-11,14-15,17-18H,6-7,12-13H2,1-5H3,(H,22,25). The van der Waals surface area contributed by atoms with Crippen LogP contribution in [0.5, 0.6) is 5.75 Å². The molecule has 26 heavy (non-hydrogen) atoms. The van der Waals surface area contributed by atoms with E-state index >= 15 is 0 Å². The summed E-state index contributed by atoms with van der Waals surface area (Å²) in [4.78, 5) is 26.8. The Morgan fingerprint density at radius 3 is 2.35 bits per heavy atom. The molecule has 1 N–H and O–H groups in total. The zero-order chi connectivity index (χ0) is 19.3. The van der Waals surface area contributed by atoms with Gasteiger partial charge in [0.25, 0.3) is 0 Å². The number of hydrogen-bond acceptors (Lipinski definition) is 3. The molecule has 5 nitrogen and oxygen atoms in total. The molecule has 1 aliphatic heterocycles. The Hall–Kier alpha value is -2.04. The number of amides is 2. The Bertz CT molecular complexity index is 608. The van der Waals surface area contributed by atoms with Crippen molar-refractivity contribution < 1.29 is 14.3 Å². The van der Waals surface area contributed by atoms with E-state index in [9.17, 15) is 9.59 Å². The lowest BCUT2D eigenvalue weighted by Gasteiger charge is -2.26. The topological polar surface area (TPSA) is 58.6 Å². The van der Waals surface area contributed by atoms with E-state index in [0.717, 1.165) is 24.2 Å². The van der Waals surface area contributed by atoms with Crippen LogP contribution < -0.4 is 10.1 Å². The fourth-order valence-electron chi connectivity index (χ4n) is 3.51. The molecule has 1 aromatic rings. The summed E-state index contributed by atoms with van der Waals surface area (Å²) in [5.74, 6) is 0.627. The van der Waals surface area contributed by atoms with Gasteiger partial charge in [-0.25, -0.2) is 0 Å². The normalized spacial score (nSPS) is 18.5. The Labute approximate surface area is 157 Å². The SMILES string of the molecule is CCC(CC)N1CC(C(=O)NC(C)c2ccc(OC(C)C)cc2)CC1=O. The number of benzene rings is 1. The van der Waals surface area contributed by atoms with Gasteiger partial charge < -0.3 is 15.0 Å². The molecule has 1 heterocycles. The maximum Gasteiger partial charge on any atom is 0.225 e. The molecule has 0 aliphatic carbocycles. The molecule has 2 atom stereocenters. The summed E-state index contributed by atoms with van der Waals surface area (Å²) >= 11 is 0. The summed E-state index contributed by atoms with van der Waals surface area (Å²) in [5, 5.41) is 3.06. The average Bonchev–Trinajstić information content (AvgIpc) is 2.98. The Morgan fingerprint density at radius 2 is 1.81 bits per heavy atom. The van der Waals surface area contributed by atoms with Gasteiger partial charge in [-0.15, -0.1) is 0 Å². The minimum atomic E-state index is -0.255. The Morgan fingerprint density at radius 1 is 1.19 bits per heavy atom. The Kier molecular flexibility index (Phi) is 7.06. The van der Waals surface area contributed by atoms with E-state index in [1.165, 1.54) is 0 Å². The van der Waals surface area contributed by atoms with E-state index in [4.69, 9.17) is 4.74 Å². The van der Waals surface area contributed by atoms with Gasteiger partial charge in [0.05, 0.1) is 18.1 Å². The van der Waals surface area contributed by atoms with Crippen molar-refractivity contribution in [3.8, 4) is 5.75 Å². The van der Waals surface area contributed by atoms with Crippen LogP contribution in [-0.4, -0.2) is 35.4 Å². The average molecular weight is 360 g/mol. The molecule has 0 aromatic heterocycles. The number of hydrogen-bond donors (Lipinski definition) is 1. The summed E-state index contributed by atoms with van der Waals surface area (Å²) in [6.07, 6.45) is 2.31. The number of rotatable bonds is 8. The smallest absolute Gasteiger partial charge is 0.225 e. The van der Waals surface area contributed by atoms with Crippen LogP contribution in [0, 0.1) is 5.92 Å². The minimum Gasteiger partial charge on any atom is -0.491 e. The van der Waals surface area contributed by atoms with Crippen molar-refractivity contribution in [2.45, 2.75) is 72.1 Å². The first kappa shape index (κ1) is 20.3. The van der Waals surface area contributed by atoms with Gasteiger partial charge in [-0.05, 0) is 51.3 Å². The van der Waals surface area contributed by atoms with E-state index in [0.29, 0.717) is 13.0 Å². The largest absolute Gasteiger partial charge is 0.491 e. The lowest BCUT2D eigenvalue weighted by Crippen LogP contribution is -2.38. The fourth-order valence-corrected chi connectivity index (χ4v) is 3.51. The maximum absolute atomic E-state index is 12.6. The van der Waals surface area contributed by atoms with Gasteiger partial charge in [-0.1, -0.05) is 26.0 Å². The maximum atomic E-state index is 12.6. The first-order chi connectivity index (χ1) is 12.3. The number of nitrogens with zero attached hydrogens (tertiary/aromatic N) is 1. The summed E-state index contributed by atoms with van der Waals surface area (Å²) < 4.78 is 5.65. The van der Waals surface area contributed by atoms with Crippen LogP contribution in [0.1, 0.15) is 65.5 Å². The second-order valence-electron chi connectivity index (χ2n) is 7.38. The van der Waals surface area contributed by atoms with Gasteiger partial charge in [0.15, 0.2) is 0 Å². The molecule has 0 radical (unpaired) electrons. The van der Waals surface area contributed by atoms with Crippen molar-refractivity contribution in [3.05, 3.63) is 29.8 Å². The van der Waals surface area contributed by atoms with Crippen molar-refractivity contribution in [3.63, 3.8) is 0 Å². The molecule has 0 bridgehead atoms. The quantitative estimate of drug-likeness (QED) is 0.769. The monoisotopic (exact) mass is 360 g/mol. The van der Waals surface area contributed by atoms with Gasteiger partial charge >= 0.3 is 0 Å². The molecule has 144 valence electrons. The number of nitrogens with one attached hydrogen (secondary N) is 1. The van der Waals surface area contributed by atoms with E-state index in [1.54, 1.807) is 0 Å². The van der Waals surface area contributed by atoms with Crippen LogP contribution in [-0.2, 0) is 9.59 Å². The van der Waals surface area contributed by atoms with Crippen molar-refractivity contribution >= 4 is 11.8 Å². The summed E-state index contributed by atoms with van der Waals surface area (Å²) in [5.41, 5.74) is 1.02. The van der Waals surface area contributed by atoms with E-state index in [-0.39, 0.29) is 35.9 Å². The van der Waals surface area contributed by atoms with Crippen molar-refractivity contribution in [2.24, 2.45) is 5.92 Å². The summed E-state index contributed by atoms with van der Waals surface area (Å²) in [7, 11) is 0. The van der Waals surface area contributed by atoms with Gasteiger partial charge in [-0.3, -0.25) is 9.59 Å². The number of ether oxygens (including phenoxy) is 1. The molecular formula is C21H32N2O3. The van der Waals surface area contributed by atoms with E-state index in [1.807, 2.05) is 49.9 Å². The third kappa shape index (κ3) is 4.99. The first-order valence-corrected chi connectivity index (χ1v) is 9.72. The molecule has 0 spiro atoms. The lowest BCUT2D eigenvalue weighted by atomic mass is 10.0. The van der Waals surface area contributed by atoms with E-state index < -0.39 is 0 Å². The minimum absolute atomic E-state index is 0.0400. The third-order valence-corrected chi connectivity index (χ3v) is 5.02. The third-order valence-electron chi connectivity index (χ3n) is 5.02. The highest BCUT2D eigenvalue weighted by Crippen LogP contribution is 2.24.